The number of aromatic nitrogens is 1. The van der Waals surface area contributed by atoms with Gasteiger partial charge in [0, 0.05) is 16.5 Å². The Morgan fingerprint density at radius 2 is 1.05 bits per heavy atom. The summed E-state index contributed by atoms with van der Waals surface area (Å²) in [4.78, 5) is 0. The van der Waals surface area contributed by atoms with Crippen LogP contribution in [0.2, 0.25) is 0 Å². The van der Waals surface area contributed by atoms with E-state index in [0.29, 0.717) is 0 Å². The first-order chi connectivity index (χ1) is 27.3. The van der Waals surface area contributed by atoms with Gasteiger partial charge in [-0.05, 0) is 112 Å². The van der Waals surface area contributed by atoms with Crippen molar-refractivity contribution >= 4 is 63.6 Å². The fraction of sp³-hybridized carbons (Fsp3) is 0.192. The molecule has 7 aromatic carbocycles. The second kappa shape index (κ2) is 13.6. The molecule has 1 aliphatic rings. The van der Waals surface area contributed by atoms with Crippen molar-refractivity contribution in [3.05, 3.63) is 169 Å². The van der Waals surface area contributed by atoms with E-state index in [0.717, 1.165) is 11.2 Å². The van der Waals surface area contributed by atoms with Crippen LogP contribution in [0.1, 0.15) is 54.0 Å². The van der Waals surface area contributed by atoms with Gasteiger partial charge in [0.2, 0.25) is 0 Å². The summed E-state index contributed by atoms with van der Waals surface area (Å²) in [6.07, 6.45) is 0. The van der Waals surface area contributed by atoms with Crippen molar-refractivity contribution in [2.24, 2.45) is 0 Å². The molecule has 1 aromatic heterocycles. The van der Waals surface area contributed by atoms with Crippen LogP contribution >= 0.6 is 0 Å². The molecular weight excluding hydrogens is 709 g/mol. The Morgan fingerprint density at radius 1 is 0.526 bits per heavy atom. The van der Waals surface area contributed by atoms with Crippen LogP contribution in [-0.4, -0.2) is 36.4 Å². The first kappa shape index (κ1) is 37.1. The molecule has 0 fully saturated rings. The molecule has 281 valence electrons. The van der Waals surface area contributed by atoms with Gasteiger partial charge in [-0.1, -0.05) is 160 Å². The van der Waals surface area contributed by atoms with Gasteiger partial charge < -0.3 is 14.3 Å². The largest absolute Gasteiger partial charge is 0.427 e. The molecule has 9 rings (SSSR count). The van der Waals surface area contributed by atoms with Gasteiger partial charge in [0.1, 0.15) is 0 Å². The predicted molar refractivity (Wildman–Crippen MR) is 244 cm³/mol. The summed E-state index contributed by atoms with van der Waals surface area (Å²) in [5, 5.41) is 18.8. The Morgan fingerprint density at radius 3 is 1.65 bits per heavy atom. The van der Waals surface area contributed by atoms with Gasteiger partial charge in [0.25, 0.3) is 0 Å². The van der Waals surface area contributed by atoms with Crippen molar-refractivity contribution in [2.45, 2.75) is 65.1 Å². The minimum absolute atomic E-state index is 0.00147. The van der Waals surface area contributed by atoms with Crippen molar-refractivity contribution in [3.8, 4) is 27.9 Å². The second-order valence-corrected chi connectivity index (χ2v) is 21.5. The lowest BCUT2D eigenvalue weighted by atomic mass is 9.83. The van der Waals surface area contributed by atoms with Crippen LogP contribution in [0.25, 0.3) is 49.7 Å². The highest BCUT2D eigenvalue weighted by Crippen LogP contribution is 2.37. The fourth-order valence-corrected chi connectivity index (χ4v) is 13.8. The van der Waals surface area contributed by atoms with E-state index < -0.39 is 19.3 Å². The van der Waals surface area contributed by atoms with Crippen LogP contribution in [0.3, 0.4) is 0 Å². The zero-order chi connectivity index (χ0) is 39.7. The maximum Gasteiger partial charge on any atom is 0.330 e. The van der Waals surface area contributed by atoms with Gasteiger partial charge in [-0.3, -0.25) is 0 Å². The Kier molecular flexibility index (Phi) is 8.85. The Hall–Kier alpha value is -5.46. The van der Waals surface area contributed by atoms with E-state index in [2.05, 4.69) is 189 Å². The van der Waals surface area contributed by atoms with E-state index in [1.54, 1.807) is 21.3 Å². The summed E-state index contributed by atoms with van der Waals surface area (Å²) < 4.78 is 8.64. The lowest BCUT2D eigenvalue weighted by Gasteiger charge is -2.37. The molecule has 8 aromatic rings. The van der Waals surface area contributed by atoms with Gasteiger partial charge in [0.05, 0.1) is 22.2 Å². The molecule has 1 radical (unpaired) electrons. The highest BCUT2D eigenvalue weighted by atomic mass is 28.3. The van der Waals surface area contributed by atoms with E-state index in [1.807, 2.05) is 13.8 Å². The van der Waals surface area contributed by atoms with Crippen LogP contribution in [0.4, 0.5) is 0 Å². The van der Waals surface area contributed by atoms with Crippen molar-refractivity contribution in [2.75, 3.05) is 0 Å². The SMILES string of the molecule is CC(C)(C)c1ccc2c(c1)c1cc([Si]3(c4ccc([B]OC(C)(C)C(C)(C)O)cc4)c4ccccc4-c4ccccc43)ccc1n2-c1ccc(-c2ccccc2)cc1. The van der Waals surface area contributed by atoms with Gasteiger partial charge >= 0.3 is 7.48 Å². The van der Waals surface area contributed by atoms with Crippen molar-refractivity contribution in [1.29, 1.82) is 0 Å². The summed E-state index contributed by atoms with van der Waals surface area (Å²) >= 11 is 0. The van der Waals surface area contributed by atoms with Gasteiger partial charge in [-0.15, -0.1) is 0 Å². The van der Waals surface area contributed by atoms with E-state index >= 15 is 0 Å². The smallest absolute Gasteiger partial charge is 0.330 e. The summed E-state index contributed by atoms with van der Waals surface area (Å²) in [5.41, 5.74) is 9.16. The number of nitrogens with zero attached hydrogens (tertiary/aromatic N) is 1. The predicted octanol–water partition coefficient (Wildman–Crippen LogP) is 8.92. The van der Waals surface area contributed by atoms with Crippen LogP contribution in [0.5, 0.6) is 0 Å². The maximum atomic E-state index is 10.7. The highest BCUT2D eigenvalue weighted by molar-refractivity contribution is 7.22. The molecule has 0 saturated heterocycles. The molecule has 0 unspecified atom stereocenters. The van der Waals surface area contributed by atoms with Gasteiger partial charge in [-0.25, -0.2) is 0 Å². The lowest BCUT2D eigenvalue weighted by Crippen LogP contribution is -2.72. The molecule has 1 aliphatic heterocycles. The third-order valence-corrected chi connectivity index (χ3v) is 17.4. The third-order valence-electron chi connectivity index (χ3n) is 12.6. The fourth-order valence-electron chi connectivity index (χ4n) is 8.63. The molecule has 0 atom stereocenters. The topological polar surface area (TPSA) is 34.4 Å². The van der Waals surface area contributed by atoms with Crippen LogP contribution < -0.4 is 26.2 Å². The molecule has 57 heavy (non-hydrogen) atoms. The Balaban J connectivity index is 1.26. The molecule has 0 spiro atoms. The standard InChI is InChI=1S/C52H49BNO2Si/c1-50(2,3)37-23-31-46-44(33-37)45-34-41(30-32-47(45)54(46)39-26-21-36(22-27-39)35-15-9-8-10-16-35)57(48-19-13-11-17-42(48)43-18-12-14-20-49(43)57)40-28-24-38(25-29-40)53-56-52(6,7)51(4,5)55/h8-34,55H,1-7H3. The van der Waals surface area contributed by atoms with E-state index in [1.165, 1.54) is 70.4 Å². The first-order valence-corrected chi connectivity index (χ1v) is 22.1. The van der Waals surface area contributed by atoms with Crippen molar-refractivity contribution < 1.29 is 9.76 Å². The second-order valence-electron chi connectivity index (χ2n) is 17.7. The van der Waals surface area contributed by atoms with Crippen molar-refractivity contribution in [1.82, 2.24) is 4.57 Å². The summed E-state index contributed by atoms with van der Waals surface area (Å²) in [7, 11) is -1.03. The third kappa shape index (κ3) is 6.12. The number of hydrogen-bond donors (Lipinski definition) is 1. The molecule has 0 amide bonds. The van der Waals surface area contributed by atoms with E-state index in [9.17, 15) is 5.11 Å². The lowest BCUT2D eigenvalue weighted by molar-refractivity contribution is -0.0893. The number of fused-ring (bicyclic) bond motifs is 6. The summed E-state index contributed by atoms with van der Waals surface area (Å²) in [5.74, 6) is 0. The summed E-state index contributed by atoms with van der Waals surface area (Å²) in [6.45, 7) is 14.3. The average molecular weight is 759 g/mol. The van der Waals surface area contributed by atoms with Crippen LogP contribution in [-0.2, 0) is 10.1 Å². The van der Waals surface area contributed by atoms with Crippen molar-refractivity contribution in [3.63, 3.8) is 0 Å². The Bertz CT molecular complexity index is 2730. The maximum absolute atomic E-state index is 10.7. The zero-order valence-electron chi connectivity index (χ0n) is 34.0. The minimum Gasteiger partial charge on any atom is -0.427 e. The molecular formula is C52H49BNO2Si. The van der Waals surface area contributed by atoms with E-state index in [4.69, 9.17) is 4.65 Å². The molecule has 0 bridgehead atoms. The molecule has 5 heteroatoms. The molecule has 3 nitrogen and oxygen atoms in total. The number of hydrogen-bond acceptors (Lipinski definition) is 2. The molecule has 0 aliphatic carbocycles. The molecule has 2 heterocycles. The zero-order valence-corrected chi connectivity index (χ0v) is 35.0. The molecule has 0 saturated carbocycles. The van der Waals surface area contributed by atoms with Crippen LogP contribution in [0, 0.1) is 0 Å². The Labute approximate surface area is 338 Å². The van der Waals surface area contributed by atoms with Gasteiger partial charge in [-0.2, -0.15) is 0 Å². The minimum atomic E-state index is -2.81. The normalized spacial score (nSPS) is 13.8. The highest BCUT2D eigenvalue weighted by Gasteiger charge is 2.48. The quantitative estimate of drug-likeness (QED) is 0.157. The van der Waals surface area contributed by atoms with Gasteiger partial charge in [0.15, 0.2) is 8.07 Å². The first-order valence-electron chi connectivity index (χ1n) is 20.1. The molecule has 1 N–H and O–H groups in total. The van der Waals surface area contributed by atoms with Crippen LogP contribution in [0.15, 0.2) is 164 Å². The number of rotatable bonds is 8. The summed E-state index contributed by atoms with van der Waals surface area (Å²) in [6, 6.07) is 61.1. The number of aliphatic hydroxyl groups is 1. The average Bonchev–Trinajstić information content (AvgIpc) is 3.70. The van der Waals surface area contributed by atoms with E-state index in [-0.39, 0.29) is 5.41 Å². The number of benzene rings is 7. The monoisotopic (exact) mass is 758 g/mol.